The smallest absolute Gasteiger partial charge is 0.161 e. The van der Waals surface area contributed by atoms with E-state index < -0.39 is 0 Å². The van der Waals surface area contributed by atoms with Crippen LogP contribution in [0.1, 0.15) is 25.1 Å². The van der Waals surface area contributed by atoms with E-state index in [0.717, 1.165) is 29.0 Å². The molecule has 0 radical (unpaired) electrons. The van der Waals surface area contributed by atoms with E-state index >= 15 is 0 Å². The van der Waals surface area contributed by atoms with E-state index in [1.165, 1.54) is 32.4 Å². The molecule has 0 bridgehead atoms. The number of pyridine rings is 1. The molecule has 0 aromatic carbocycles. The predicted molar refractivity (Wildman–Crippen MR) is 74.7 cm³/mol. The van der Waals surface area contributed by atoms with E-state index in [0.29, 0.717) is 0 Å². The van der Waals surface area contributed by atoms with Gasteiger partial charge in [0.2, 0.25) is 0 Å². The van der Waals surface area contributed by atoms with Crippen molar-refractivity contribution in [3.8, 4) is 0 Å². The van der Waals surface area contributed by atoms with Gasteiger partial charge in [0.25, 0.3) is 0 Å². The molecule has 0 saturated carbocycles. The Morgan fingerprint density at radius 3 is 2.78 bits per heavy atom. The fraction of sp³-hybridized carbons (Fsp3) is 0.538. The Morgan fingerprint density at radius 2 is 1.94 bits per heavy atom. The van der Waals surface area contributed by atoms with Crippen molar-refractivity contribution >= 4 is 21.6 Å². The second-order valence-corrected chi connectivity index (χ2v) is 5.62. The van der Waals surface area contributed by atoms with E-state index in [9.17, 15) is 0 Å². The predicted octanol–water partition coefficient (Wildman–Crippen LogP) is 2.52. The van der Waals surface area contributed by atoms with Crippen LogP contribution in [0.25, 0.3) is 5.65 Å². The highest BCUT2D eigenvalue weighted by Crippen LogP contribution is 2.15. The Labute approximate surface area is 115 Å². The summed E-state index contributed by atoms with van der Waals surface area (Å²) in [6.07, 6.45) is 5.02. The number of fused-ring (bicyclic) bond motifs is 1. The summed E-state index contributed by atoms with van der Waals surface area (Å²) in [5.41, 5.74) is 0.915. The lowest BCUT2D eigenvalue weighted by Crippen LogP contribution is -2.31. The van der Waals surface area contributed by atoms with Gasteiger partial charge in [-0.1, -0.05) is 12.5 Å². The number of hydrogen-bond donors (Lipinski definition) is 0. The minimum atomic E-state index is 0.915. The van der Waals surface area contributed by atoms with Gasteiger partial charge in [-0.3, -0.25) is 4.40 Å². The quantitative estimate of drug-likeness (QED) is 0.817. The Morgan fingerprint density at radius 1 is 1.11 bits per heavy atom. The number of likely N-dealkylation sites (tertiary alicyclic amines) is 1. The topological polar surface area (TPSA) is 33.4 Å². The first-order valence-corrected chi connectivity index (χ1v) is 7.35. The van der Waals surface area contributed by atoms with Gasteiger partial charge in [0.1, 0.15) is 5.82 Å². The fourth-order valence-corrected chi connectivity index (χ4v) is 3.10. The maximum Gasteiger partial charge on any atom is 0.161 e. The second kappa shape index (κ2) is 5.36. The summed E-state index contributed by atoms with van der Waals surface area (Å²) in [6.45, 7) is 3.55. The third-order valence-electron chi connectivity index (χ3n) is 3.55. The molecule has 0 aliphatic carbocycles. The largest absolute Gasteiger partial charge is 0.303 e. The molecule has 4 nitrogen and oxygen atoms in total. The summed E-state index contributed by atoms with van der Waals surface area (Å²) >= 11 is 3.56. The SMILES string of the molecule is Brc1cccc2nnc(CCN3CCCCC3)n12. The van der Waals surface area contributed by atoms with Crippen molar-refractivity contribution in [2.24, 2.45) is 0 Å². The Bertz CT molecular complexity index is 531. The van der Waals surface area contributed by atoms with Crippen molar-refractivity contribution in [1.29, 1.82) is 0 Å². The van der Waals surface area contributed by atoms with Crippen LogP contribution in [0.15, 0.2) is 22.8 Å². The van der Waals surface area contributed by atoms with Gasteiger partial charge in [-0.2, -0.15) is 0 Å². The molecule has 0 atom stereocenters. The van der Waals surface area contributed by atoms with Crippen molar-refractivity contribution < 1.29 is 0 Å². The van der Waals surface area contributed by atoms with Crippen molar-refractivity contribution in [2.75, 3.05) is 19.6 Å². The minimum Gasteiger partial charge on any atom is -0.303 e. The fourth-order valence-electron chi connectivity index (χ4n) is 2.56. The highest BCUT2D eigenvalue weighted by molar-refractivity contribution is 9.10. The van der Waals surface area contributed by atoms with Gasteiger partial charge in [-0.05, 0) is 54.0 Å². The van der Waals surface area contributed by atoms with E-state index in [1.807, 2.05) is 18.2 Å². The number of halogens is 1. The third kappa shape index (κ3) is 2.42. The number of nitrogens with zero attached hydrogens (tertiary/aromatic N) is 4. The van der Waals surface area contributed by atoms with Crippen LogP contribution >= 0.6 is 15.9 Å². The summed E-state index contributed by atoms with van der Waals surface area (Å²) in [5, 5.41) is 8.50. The molecule has 18 heavy (non-hydrogen) atoms. The average molecular weight is 309 g/mol. The maximum atomic E-state index is 4.30. The first-order valence-electron chi connectivity index (χ1n) is 6.55. The number of rotatable bonds is 3. The summed E-state index contributed by atoms with van der Waals surface area (Å²) in [5.74, 6) is 1.04. The third-order valence-corrected chi connectivity index (χ3v) is 4.17. The van der Waals surface area contributed by atoms with Crippen LogP contribution in [0.5, 0.6) is 0 Å². The highest BCUT2D eigenvalue weighted by Gasteiger charge is 2.12. The monoisotopic (exact) mass is 308 g/mol. The Balaban J connectivity index is 1.74. The lowest BCUT2D eigenvalue weighted by Gasteiger charge is -2.25. The number of aromatic nitrogens is 3. The lowest BCUT2D eigenvalue weighted by atomic mass is 10.1. The van der Waals surface area contributed by atoms with Crippen molar-refractivity contribution in [2.45, 2.75) is 25.7 Å². The first kappa shape index (κ1) is 12.1. The summed E-state index contributed by atoms with van der Waals surface area (Å²) in [7, 11) is 0. The number of piperidine rings is 1. The summed E-state index contributed by atoms with van der Waals surface area (Å²) < 4.78 is 3.11. The molecule has 2 aromatic heterocycles. The zero-order valence-corrected chi connectivity index (χ0v) is 11.9. The van der Waals surface area contributed by atoms with Gasteiger partial charge in [0, 0.05) is 13.0 Å². The molecule has 1 saturated heterocycles. The van der Waals surface area contributed by atoms with Crippen LogP contribution < -0.4 is 0 Å². The second-order valence-electron chi connectivity index (χ2n) is 4.81. The van der Waals surface area contributed by atoms with Gasteiger partial charge in [-0.25, -0.2) is 0 Å². The molecule has 1 aliphatic rings. The number of hydrogen-bond acceptors (Lipinski definition) is 3. The molecule has 3 rings (SSSR count). The Hall–Kier alpha value is -0.940. The van der Waals surface area contributed by atoms with Gasteiger partial charge in [0.05, 0.1) is 4.60 Å². The molecule has 0 unspecified atom stereocenters. The first-order chi connectivity index (χ1) is 8.84. The zero-order valence-electron chi connectivity index (χ0n) is 10.3. The van der Waals surface area contributed by atoms with Crippen LogP contribution in [0.2, 0.25) is 0 Å². The molecule has 5 heteroatoms. The lowest BCUT2D eigenvalue weighted by molar-refractivity contribution is 0.230. The molecular formula is C13H17BrN4. The summed E-state index contributed by atoms with van der Waals surface area (Å²) in [6, 6.07) is 6.01. The van der Waals surface area contributed by atoms with Crippen molar-refractivity contribution in [3.63, 3.8) is 0 Å². The normalized spacial score (nSPS) is 17.4. The van der Waals surface area contributed by atoms with E-state index in [4.69, 9.17) is 0 Å². The minimum absolute atomic E-state index is 0.915. The molecule has 96 valence electrons. The average Bonchev–Trinajstić information content (AvgIpc) is 2.82. The van der Waals surface area contributed by atoms with Crippen LogP contribution in [-0.2, 0) is 6.42 Å². The van der Waals surface area contributed by atoms with Gasteiger partial charge < -0.3 is 4.90 Å². The van der Waals surface area contributed by atoms with E-state index in [1.54, 1.807) is 0 Å². The molecule has 0 N–H and O–H groups in total. The van der Waals surface area contributed by atoms with Gasteiger partial charge in [0.15, 0.2) is 5.65 Å². The molecule has 0 amide bonds. The van der Waals surface area contributed by atoms with E-state index in [-0.39, 0.29) is 0 Å². The molecule has 1 aliphatic heterocycles. The molecule has 0 spiro atoms. The van der Waals surface area contributed by atoms with Crippen LogP contribution in [0, 0.1) is 0 Å². The molecular weight excluding hydrogens is 292 g/mol. The zero-order chi connectivity index (χ0) is 12.4. The Kier molecular flexibility index (Phi) is 3.61. The van der Waals surface area contributed by atoms with Gasteiger partial charge in [-0.15, -0.1) is 10.2 Å². The van der Waals surface area contributed by atoms with Gasteiger partial charge >= 0.3 is 0 Å². The van der Waals surface area contributed by atoms with Crippen molar-refractivity contribution in [3.05, 3.63) is 28.6 Å². The van der Waals surface area contributed by atoms with Crippen molar-refractivity contribution in [1.82, 2.24) is 19.5 Å². The summed E-state index contributed by atoms with van der Waals surface area (Å²) in [4.78, 5) is 2.53. The highest BCUT2D eigenvalue weighted by atomic mass is 79.9. The maximum absolute atomic E-state index is 4.30. The van der Waals surface area contributed by atoms with E-state index in [2.05, 4.69) is 35.4 Å². The van der Waals surface area contributed by atoms with Crippen LogP contribution in [0.3, 0.4) is 0 Å². The molecule has 2 aromatic rings. The standard InChI is InChI=1S/C13H17BrN4/c14-11-5-4-6-12-15-16-13(18(11)12)7-10-17-8-2-1-3-9-17/h4-6H,1-3,7-10H2. The van der Waals surface area contributed by atoms with Crippen LogP contribution in [0.4, 0.5) is 0 Å². The van der Waals surface area contributed by atoms with Crippen LogP contribution in [-0.4, -0.2) is 39.1 Å². The molecule has 1 fully saturated rings. The molecule has 3 heterocycles.